The standard InChI is InChI=1S/C8H13F2N3/c1-2-4-11-6-7-3-5-13(12-7)8(9)10/h3,5,8,11H,2,4,6H2,1H3. The zero-order chi connectivity index (χ0) is 9.68. The van der Waals surface area contributed by atoms with Gasteiger partial charge in [0.25, 0.3) is 0 Å². The Labute approximate surface area is 75.7 Å². The average Bonchev–Trinajstić information content (AvgIpc) is 2.53. The minimum absolute atomic E-state index is 0.549. The molecule has 0 saturated carbocycles. The van der Waals surface area contributed by atoms with Crippen molar-refractivity contribution in [3.05, 3.63) is 18.0 Å². The third kappa shape index (κ3) is 3.10. The van der Waals surface area contributed by atoms with E-state index in [1.807, 2.05) is 6.92 Å². The van der Waals surface area contributed by atoms with Crippen LogP contribution in [0.1, 0.15) is 25.6 Å². The normalized spacial score (nSPS) is 11.1. The van der Waals surface area contributed by atoms with Crippen molar-refractivity contribution in [2.45, 2.75) is 26.4 Å². The molecule has 0 bridgehead atoms. The van der Waals surface area contributed by atoms with Gasteiger partial charge in [-0.05, 0) is 19.0 Å². The fraction of sp³-hybridized carbons (Fsp3) is 0.625. The van der Waals surface area contributed by atoms with Crippen molar-refractivity contribution in [2.24, 2.45) is 0 Å². The highest BCUT2D eigenvalue weighted by Crippen LogP contribution is 2.08. The van der Waals surface area contributed by atoms with E-state index >= 15 is 0 Å². The van der Waals surface area contributed by atoms with Gasteiger partial charge >= 0.3 is 6.55 Å². The maximum atomic E-state index is 12.0. The molecule has 3 nitrogen and oxygen atoms in total. The molecule has 74 valence electrons. The Balaban J connectivity index is 2.40. The van der Waals surface area contributed by atoms with Crippen molar-refractivity contribution in [2.75, 3.05) is 6.54 Å². The van der Waals surface area contributed by atoms with Crippen LogP contribution in [0.25, 0.3) is 0 Å². The predicted molar refractivity (Wildman–Crippen MR) is 45.5 cm³/mol. The van der Waals surface area contributed by atoms with Crippen LogP contribution >= 0.6 is 0 Å². The molecule has 1 heterocycles. The summed E-state index contributed by atoms with van der Waals surface area (Å²) in [5.41, 5.74) is 0.647. The van der Waals surface area contributed by atoms with E-state index in [9.17, 15) is 8.78 Å². The van der Waals surface area contributed by atoms with E-state index in [4.69, 9.17) is 0 Å². The molecule has 1 aromatic heterocycles. The number of rotatable bonds is 5. The second-order valence-electron chi connectivity index (χ2n) is 2.74. The quantitative estimate of drug-likeness (QED) is 0.715. The lowest BCUT2D eigenvalue weighted by Crippen LogP contribution is -2.14. The van der Waals surface area contributed by atoms with Gasteiger partial charge in [-0.25, -0.2) is 4.68 Å². The van der Waals surface area contributed by atoms with E-state index in [2.05, 4.69) is 10.4 Å². The van der Waals surface area contributed by atoms with E-state index in [1.54, 1.807) is 6.07 Å². The predicted octanol–water partition coefficient (Wildman–Crippen LogP) is 1.78. The van der Waals surface area contributed by atoms with Crippen LogP contribution in [0.15, 0.2) is 12.3 Å². The molecule has 0 spiro atoms. The highest BCUT2D eigenvalue weighted by molar-refractivity contribution is 4.98. The monoisotopic (exact) mass is 189 g/mol. The number of aromatic nitrogens is 2. The van der Waals surface area contributed by atoms with E-state index in [0.29, 0.717) is 16.9 Å². The van der Waals surface area contributed by atoms with Gasteiger partial charge in [-0.1, -0.05) is 6.92 Å². The summed E-state index contributed by atoms with van der Waals surface area (Å²) in [6.07, 6.45) is 2.31. The molecule has 1 N–H and O–H groups in total. The van der Waals surface area contributed by atoms with Crippen LogP contribution in [0.4, 0.5) is 8.78 Å². The van der Waals surface area contributed by atoms with Crippen molar-refractivity contribution < 1.29 is 8.78 Å². The minimum atomic E-state index is -2.54. The van der Waals surface area contributed by atoms with Crippen molar-refractivity contribution >= 4 is 0 Å². The van der Waals surface area contributed by atoms with Crippen LogP contribution < -0.4 is 5.32 Å². The summed E-state index contributed by atoms with van der Waals surface area (Å²) in [7, 11) is 0. The Kier molecular flexibility index (Phi) is 3.82. The van der Waals surface area contributed by atoms with Gasteiger partial charge in [0.1, 0.15) is 0 Å². The number of nitrogens with zero attached hydrogens (tertiary/aromatic N) is 2. The zero-order valence-corrected chi connectivity index (χ0v) is 7.50. The Morgan fingerprint density at radius 2 is 2.38 bits per heavy atom. The van der Waals surface area contributed by atoms with Gasteiger partial charge in [-0.3, -0.25) is 0 Å². The molecule has 0 radical (unpaired) electrons. The molecule has 5 heteroatoms. The van der Waals surface area contributed by atoms with Gasteiger partial charge in [-0.15, -0.1) is 0 Å². The van der Waals surface area contributed by atoms with Crippen LogP contribution in [0.3, 0.4) is 0 Å². The highest BCUT2D eigenvalue weighted by Gasteiger charge is 2.06. The Morgan fingerprint density at radius 1 is 1.62 bits per heavy atom. The largest absolute Gasteiger partial charge is 0.333 e. The summed E-state index contributed by atoms with van der Waals surface area (Å²) in [6, 6.07) is 1.59. The molecule has 0 aliphatic carbocycles. The van der Waals surface area contributed by atoms with Crippen LogP contribution in [-0.4, -0.2) is 16.3 Å². The molecule has 0 aliphatic rings. The van der Waals surface area contributed by atoms with Gasteiger partial charge in [0, 0.05) is 12.7 Å². The molecule has 0 aliphatic heterocycles. The third-order valence-corrected chi connectivity index (χ3v) is 1.60. The molecule has 13 heavy (non-hydrogen) atoms. The first-order valence-electron chi connectivity index (χ1n) is 4.27. The molecule has 1 aromatic rings. The number of alkyl halides is 2. The van der Waals surface area contributed by atoms with Crippen molar-refractivity contribution in [1.29, 1.82) is 0 Å². The fourth-order valence-electron chi connectivity index (χ4n) is 0.974. The maximum absolute atomic E-state index is 12.0. The molecule has 0 unspecified atom stereocenters. The van der Waals surface area contributed by atoms with E-state index in [0.717, 1.165) is 13.0 Å². The molecule has 0 fully saturated rings. The van der Waals surface area contributed by atoms with Gasteiger partial charge in [0.15, 0.2) is 0 Å². The lowest BCUT2D eigenvalue weighted by atomic mass is 10.4. The smallest absolute Gasteiger partial charge is 0.311 e. The van der Waals surface area contributed by atoms with E-state index in [-0.39, 0.29) is 0 Å². The SMILES string of the molecule is CCCNCc1ccn(C(F)F)n1. The first-order valence-corrected chi connectivity index (χ1v) is 4.27. The summed E-state index contributed by atoms with van der Waals surface area (Å²) in [4.78, 5) is 0. The summed E-state index contributed by atoms with van der Waals surface area (Å²) >= 11 is 0. The summed E-state index contributed by atoms with van der Waals surface area (Å²) in [5, 5.41) is 6.77. The zero-order valence-electron chi connectivity index (χ0n) is 7.50. The van der Waals surface area contributed by atoms with Gasteiger partial charge in [-0.2, -0.15) is 13.9 Å². The highest BCUT2D eigenvalue weighted by atomic mass is 19.3. The Bertz CT molecular complexity index is 247. The number of hydrogen-bond donors (Lipinski definition) is 1. The second kappa shape index (κ2) is 4.91. The molecule has 0 amide bonds. The fourth-order valence-corrected chi connectivity index (χ4v) is 0.974. The average molecular weight is 189 g/mol. The van der Waals surface area contributed by atoms with Crippen LogP contribution in [0, 0.1) is 0 Å². The van der Waals surface area contributed by atoms with Crippen LogP contribution in [-0.2, 0) is 6.54 Å². The molecular formula is C8H13F2N3. The minimum Gasteiger partial charge on any atom is -0.311 e. The molecular weight excluding hydrogens is 176 g/mol. The van der Waals surface area contributed by atoms with Crippen molar-refractivity contribution in [3.63, 3.8) is 0 Å². The van der Waals surface area contributed by atoms with Crippen molar-refractivity contribution in [3.8, 4) is 0 Å². The summed E-state index contributed by atoms with van der Waals surface area (Å²) in [6.45, 7) is 0.930. The number of nitrogens with one attached hydrogen (secondary N) is 1. The summed E-state index contributed by atoms with van der Waals surface area (Å²) < 4.78 is 24.8. The lowest BCUT2D eigenvalue weighted by Gasteiger charge is -1.99. The van der Waals surface area contributed by atoms with Crippen molar-refractivity contribution in [1.82, 2.24) is 15.1 Å². The topological polar surface area (TPSA) is 29.9 Å². The third-order valence-electron chi connectivity index (χ3n) is 1.60. The molecule has 0 saturated heterocycles. The Hall–Kier alpha value is -0.970. The maximum Gasteiger partial charge on any atom is 0.333 e. The molecule has 0 atom stereocenters. The van der Waals surface area contributed by atoms with Crippen LogP contribution in [0.5, 0.6) is 0 Å². The first-order chi connectivity index (χ1) is 6.24. The van der Waals surface area contributed by atoms with E-state index in [1.165, 1.54) is 6.20 Å². The molecule has 0 aromatic carbocycles. The van der Waals surface area contributed by atoms with E-state index < -0.39 is 6.55 Å². The lowest BCUT2D eigenvalue weighted by molar-refractivity contribution is 0.0561. The Morgan fingerprint density at radius 3 is 2.92 bits per heavy atom. The number of halogens is 2. The number of hydrogen-bond acceptors (Lipinski definition) is 2. The van der Waals surface area contributed by atoms with Gasteiger partial charge < -0.3 is 5.32 Å². The summed E-state index contributed by atoms with van der Waals surface area (Å²) in [5.74, 6) is 0. The van der Waals surface area contributed by atoms with Gasteiger partial charge in [0.2, 0.25) is 0 Å². The van der Waals surface area contributed by atoms with Gasteiger partial charge in [0.05, 0.1) is 5.69 Å². The first kappa shape index (κ1) is 10.1. The molecule has 1 rings (SSSR count). The van der Waals surface area contributed by atoms with Crippen LogP contribution in [0.2, 0.25) is 0 Å². The second-order valence-corrected chi connectivity index (χ2v) is 2.74.